The van der Waals surface area contributed by atoms with Gasteiger partial charge in [-0.3, -0.25) is 0 Å². The molecule has 19 heavy (non-hydrogen) atoms. The minimum absolute atomic E-state index is 0.226. The summed E-state index contributed by atoms with van der Waals surface area (Å²) in [6.07, 6.45) is 0. The van der Waals surface area contributed by atoms with Crippen LogP contribution < -0.4 is 0 Å². The summed E-state index contributed by atoms with van der Waals surface area (Å²) in [6.45, 7) is 9.55. The number of aryl methyl sites for hydroxylation is 2. The van der Waals surface area contributed by atoms with Crippen LogP contribution in [0, 0.1) is 19.8 Å². The Kier molecular flexibility index (Phi) is 4.75. The standard InChI is InChI=1S/C16H24O3/c1-10(2)16(18,15(17)19-6)13(5)14-8-7-11(3)9-12(14)4/h7-10,13,18H,1-6H3. The van der Waals surface area contributed by atoms with E-state index in [9.17, 15) is 9.90 Å². The number of esters is 1. The van der Waals surface area contributed by atoms with Crippen LogP contribution in [0.4, 0.5) is 0 Å². The van der Waals surface area contributed by atoms with Gasteiger partial charge in [0.2, 0.25) is 0 Å². The number of ether oxygens (including phenoxy) is 1. The maximum absolute atomic E-state index is 12.0. The predicted octanol–water partition coefficient (Wildman–Crippen LogP) is 2.97. The van der Waals surface area contributed by atoms with E-state index in [0.29, 0.717) is 0 Å². The van der Waals surface area contributed by atoms with Crippen LogP contribution in [-0.2, 0) is 9.53 Å². The van der Waals surface area contributed by atoms with Gasteiger partial charge in [0.15, 0.2) is 5.60 Å². The van der Waals surface area contributed by atoms with E-state index < -0.39 is 11.6 Å². The molecular formula is C16H24O3. The minimum Gasteiger partial charge on any atom is -0.467 e. The first-order chi connectivity index (χ1) is 8.75. The molecule has 0 aliphatic rings. The van der Waals surface area contributed by atoms with E-state index in [-0.39, 0.29) is 11.8 Å². The summed E-state index contributed by atoms with van der Waals surface area (Å²) < 4.78 is 4.79. The number of carbonyl (C=O) groups is 1. The summed E-state index contributed by atoms with van der Waals surface area (Å²) in [6, 6.07) is 6.03. The first-order valence-electron chi connectivity index (χ1n) is 6.63. The lowest BCUT2D eigenvalue weighted by Gasteiger charge is -2.35. The highest BCUT2D eigenvalue weighted by Gasteiger charge is 2.46. The third-order valence-electron chi connectivity index (χ3n) is 3.94. The van der Waals surface area contributed by atoms with Crippen molar-refractivity contribution in [3.8, 4) is 0 Å². The van der Waals surface area contributed by atoms with Gasteiger partial charge >= 0.3 is 5.97 Å². The number of hydrogen-bond acceptors (Lipinski definition) is 3. The van der Waals surface area contributed by atoms with Crippen molar-refractivity contribution in [2.75, 3.05) is 7.11 Å². The molecule has 1 aromatic rings. The molecule has 0 saturated heterocycles. The summed E-state index contributed by atoms with van der Waals surface area (Å²) >= 11 is 0. The van der Waals surface area contributed by atoms with Gasteiger partial charge in [-0.05, 0) is 30.9 Å². The summed E-state index contributed by atoms with van der Waals surface area (Å²) in [4.78, 5) is 12.0. The van der Waals surface area contributed by atoms with Crippen LogP contribution in [-0.4, -0.2) is 23.8 Å². The first-order valence-corrected chi connectivity index (χ1v) is 6.63. The molecule has 1 N–H and O–H groups in total. The third kappa shape index (κ3) is 2.81. The zero-order valence-corrected chi connectivity index (χ0v) is 12.7. The van der Waals surface area contributed by atoms with Crippen LogP contribution in [0.2, 0.25) is 0 Å². The summed E-state index contributed by atoms with van der Waals surface area (Å²) in [5, 5.41) is 10.8. The predicted molar refractivity (Wildman–Crippen MR) is 76.1 cm³/mol. The highest BCUT2D eigenvalue weighted by atomic mass is 16.5. The molecular weight excluding hydrogens is 240 g/mol. The average molecular weight is 264 g/mol. The molecule has 2 atom stereocenters. The molecule has 1 aromatic carbocycles. The lowest BCUT2D eigenvalue weighted by Crippen LogP contribution is -2.49. The molecule has 0 aromatic heterocycles. The molecule has 0 radical (unpaired) electrons. The van der Waals surface area contributed by atoms with Gasteiger partial charge < -0.3 is 9.84 Å². The van der Waals surface area contributed by atoms with Gasteiger partial charge in [-0.2, -0.15) is 0 Å². The first kappa shape index (κ1) is 15.7. The molecule has 0 amide bonds. The van der Waals surface area contributed by atoms with Crippen LogP contribution in [0.5, 0.6) is 0 Å². The van der Waals surface area contributed by atoms with Gasteiger partial charge in [-0.15, -0.1) is 0 Å². The van der Waals surface area contributed by atoms with Gasteiger partial charge in [0.25, 0.3) is 0 Å². The van der Waals surface area contributed by atoms with Crippen LogP contribution in [0.1, 0.15) is 43.4 Å². The Morgan fingerprint density at radius 1 is 1.26 bits per heavy atom. The fourth-order valence-corrected chi connectivity index (χ4v) is 2.62. The van der Waals surface area contributed by atoms with Crippen LogP contribution in [0.25, 0.3) is 0 Å². The fourth-order valence-electron chi connectivity index (χ4n) is 2.62. The largest absolute Gasteiger partial charge is 0.467 e. The number of hydrogen-bond donors (Lipinski definition) is 1. The van der Waals surface area contributed by atoms with Crippen molar-refractivity contribution in [3.63, 3.8) is 0 Å². The lowest BCUT2D eigenvalue weighted by molar-refractivity contribution is -0.170. The molecule has 0 bridgehead atoms. The second-order valence-corrected chi connectivity index (χ2v) is 5.55. The van der Waals surface area contributed by atoms with E-state index in [1.54, 1.807) is 0 Å². The number of benzene rings is 1. The summed E-state index contributed by atoms with van der Waals surface area (Å²) in [5.74, 6) is -1.12. The van der Waals surface area contributed by atoms with E-state index in [2.05, 4.69) is 6.07 Å². The molecule has 0 fully saturated rings. The van der Waals surface area contributed by atoms with Crippen molar-refractivity contribution >= 4 is 5.97 Å². The Balaban J connectivity index is 3.27. The Morgan fingerprint density at radius 2 is 1.84 bits per heavy atom. The molecule has 0 heterocycles. The Labute approximate surface area is 115 Å². The van der Waals surface area contributed by atoms with Gasteiger partial charge in [0.1, 0.15) is 0 Å². The SMILES string of the molecule is COC(=O)C(O)(C(C)C)C(C)c1ccc(C)cc1C. The number of methoxy groups -OCH3 is 1. The highest BCUT2D eigenvalue weighted by molar-refractivity contribution is 5.81. The van der Waals surface area contributed by atoms with Crippen molar-refractivity contribution in [2.24, 2.45) is 5.92 Å². The van der Waals surface area contributed by atoms with Crippen molar-refractivity contribution in [3.05, 3.63) is 34.9 Å². The molecule has 3 nitrogen and oxygen atoms in total. The lowest BCUT2D eigenvalue weighted by atomic mass is 9.75. The monoisotopic (exact) mass is 264 g/mol. The van der Waals surface area contributed by atoms with Crippen molar-refractivity contribution < 1.29 is 14.6 Å². The molecule has 0 aliphatic heterocycles. The second-order valence-electron chi connectivity index (χ2n) is 5.55. The van der Waals surface area contributed by atoms with E-state index >= 15 is 0 Å². The zero-order chi connectivity index (χ0) is 14.8. The molecule has 0 spiro atoms. The molecule has 0 aliphatic carbocycles. The van der Waals surface area contributed by atoms with Crippen LogP contribution >= 0.6 is 0 Å². The van der Waals surface area contributed by atoms with E-state index in [1.165, 1.54) is 12.7 Å². The maximum atomic E-state index is 12.0. The average Bonchev–Trinajstić information content (AvgIpc) is 2.35. The summed E-state index contributed by atoms with van der Waals surface area (Å²) in [7, 11) is 1.31. The molecule has 106 valence electrons. The third-order valence-corrected chi connectivity index (χ3v) is 3.94. The quantitative estimate of drug-likeness (QED) is 0.850. The molecule has 2 unspecified atom stereocenters. The Hall–Kier alpha value is -1.35. The van der Waals surface area contributed by atoms with E-state index in [0.717, 1.165) is 11.1 Å². The highest BCUT2D eigenvalue weighted by Crippen LogP contribution is 2.36. The topological polar surface area (TPSA) is 46.5 Å². The van der Waals surface area contributed by atoms with Gasteiger partial charge in [-0.1, -0.05) is 44.5 Å². The molecule has 3 heteroatoms. The smallest absolute Gasteiger partial charge is 0.338 e. The number of carbonyl (C=O) groups excluding carboxylic acids is 1. The van der Waals surface area contributed by atoms with Crippen LogP contribution in [0.3, 0.4) is 0 Å². The Bertz CT molecular complexity index is 465. The van der Waals surface area contributed by atoms with E-state index in [4.69, 9.17) is 4.74 Å². The van der Waals surface area contributed by atoms with E-state index in [1.807, 2.05) is 46.8 Å². The van der Waals surface area contributed by atoms with Gasteiger partial charge in [-0.25, -0.2) is 4.79 Å². The number of aliphatic hydroxyl groups is 1. The normalized spacial score (nSPS) is 16.0. The number of rotatable bonds is 4. The van der Waals surface area contributed by atoms with Crippen molar-refractivity contribution in [2.45, 2.75) is 46.1 Å². The second kappa shape index (κ2) is 5.74. The molecule has 0 saturated carbocycles. The summed E-state index contributed by atoms with van der Waals surface area (Å²) in [5.41, 5.74) is 1.72. The van der Waals surface area contributed by atoms with Crippen molar-refractivity contribution in [1.29, 1.82) is 0 Å². The zero-order valence-electron chi connectivity index (χ0n) is 12.7. The van der Waals surface area contributed by atoms with Gasteiger partial charge in [0, 0.05) is 5.92 Å². The van der Waals surface area contributed by atoms with Crippen LogP contribution in [0.15, 0.2) is 18.2 Å². The minimum atomic E-state index is -1.51. The van der Waals surface area contributed by atoms with Crippen molar-refractivity contribution in [1.82, 2.24) is 0 Å². The fraction of sp³-hybridized carbons (Fsp3) is 0.562. The Morgan fingerprint density at radius 3 is 2.26 bits per heavy atom. The van der Waals surface area contributed by atoms with Gasteiger partial charge in [0.05, 0.1) is 7.11 Å². The maximum Gasteiger partial charge on any atom is 0.338 e. The molecule has 1 rings (SSSR count).